The Bertz CT molecular complexity index is 264. The molecule has 0 heterocycles. The Hall–Kier alpha value is -1.79. The Morgan fingerprint density at radius 1 is 1.25 bits per heavy atom. The maximum Gasteiger partial charge on any atom is 0.0694 e. The van der Waals surface area contributed by atoms with E-state index in [2.05, 4.69) is 0 Å². The molecule has 0 amide bonds. The molecule has 12 heavy (non-hydrogen) atoms. The van der Waals surface area contributed by atoms with E-state index < -0.39 is 0 Å². The second-order valence-corrected chi connectivity index (χ2v) is 2.41. The van der Waals surface area contributed by atoms with Crippen LogP contribution in [-0.2, 0) is 0 Å². The van der Waals surface area contributed by atoms with Crippen LogP contribution in [0.5, 0.6) is 0 Å². The van der Waals surface area contributed by atoms with E-state index in [-0.39, 0.29) is 18.8 Å². The molecule has 0 fully saturated rings. The van der Waals surface area contributed by atoms with Crippen LogP contribution in [0.4, 0.5) is 0 Å². The zero-order chi connectivity index (χ0) is 9.40. The number of rotatable bonds is 3. The van der Waals surface area contributed by atoms with Gasteiger partial charge in [0.05, 0.1) is 37.0 Å². The van der Waals surface area contributed by atoms with E-state index in [1.54, 1.807) is 13.0 Å². The maximum absolute atomic E-state index is 8.46. The first-order valence-electron chi connectivity index (χ1n) is 3.57. The molecule has 1 atom stereocenters. The van der Waals surface area contributed by atoms with Crippen LogP contribution in [0.3, 0.4) is 0 Å². The predicted molar refractivity (Wildman–Crippen MR) is 43.3 cm³/mol. The lowest BCUT2D eigenvalue weighted by Gasteiger charge is -1.97. The highest BCUT2D eigenvalue weighted by Crippen LogP contribution is 2.09. The molecule has 0 rings (SSSR count). The first kappa shape index (κ1) is 10.2. The fourth-order valence-electron chi connectivity index (χ4n) is 0.774. The van der Waals surface area contributed by atoms with Crippen molar-refractivity contribution >= 4 is 0 Å². The fourth-order valence-corrected chi connectivity index (χ4v) is 0.774. The summed E-state index contributed by atoms with van der Waals surface area (Å²) in [6, 6.07) is 5.92. The molecule has 0 aromatic heterocycles. The molecule has 0 bridgehead atoms. The van der Waals surface area contributed by atoms with Crippen LogP contribution in [-0.4, -0.2) is 0 Å². The normalized spacial score (nSPS) is 10.2. The molecule has 0 aliphatic rings. The Labute approximate surface area is 72.1 Å². The van der Waals surface area contributed by atoms with Gasteiger partial charge in [-0.25, -0.2) is 0 Å². The molecule has 3 nitrogen and oxygen atoms in total. The van der Waals surface area contributed by atoms with Crippen LogP contribution < -0.4 is 0 Å². The Morgan fingerprint density at radius 3 is 2.08 bits per heavy atom. The summed E-state index contributed by atoms with van der Waals surface area (Å²) in [4.78, 5) is 0. The zero-order valence-corrected chi connectivity index (χ0v) is 6.91. The first-order valence-corrected chi connectivity index (χ1v) is 3.57. The molecule has 3 heteroatoms. The van der Waals surface area contributed by atoms with Crippen molar-refractivity contribution in [1.29, 1.82) is 15.8 Å². The third kappa shape index (κ3) is 4.09. The van der Waals surface area contributed by atoms with Crippen molar-refractivity contribution in [2.24, 2.45) is 5.92 Å². The van der Waals surface area contributed by atoms with E-state index in [0.717, 1.165) is 5.57 Å². The van der Waals surface area contributed by atoms with Crippen LogP contribution >= 0.6 is 0 Å². The zero-order valence-electron chi connectivity index (χ0n) is 6.91. The second-order valence-electron chi connectivity index (χ2n) is 2.41. The van der Waals surface area contributed by atoms with E-state index in [1.807, 2.05) is 18.2 Å². The summed E-state index contributed by atoms with van der Waals surface area (Å²) in [6.45, 7) is 1.73. The largest absolute Gasteiger partial charge is 0.198 e. The average molecular weight is 159 g/mol. The molecule has 1 unspecified atom stereocenters. The van der Waals surface area contributed by atoms with Gasteiger partial charge in [-0.3, -0.25) is 0 Å². The van der Waals surface area contributed by atoms with Crippen molar-refractivity contribution in [3.05, 3.63) is 11.6 Å². The quantitative estimate of drug-likeness (QED) is 0.590. The van der Waals surface area contributed by atoms with Gasteiger partial charge in [0, 0.05) is 0 Å². The summed E-state index contributed by atoms with van der Waals surface area (Å²) in [7, 11) is 0. The predicted octanol–water partition coefficient (Wildman–Crippen LogP) is 1.90. The number of hydrogen-bond acceptors (Lipinski definition) is 3. The van der Waals surface area contributed by atoms with Crippen LogP contribution in [0.2, 0.25) is 0 Å². The Morgan fingerprint density at radius 2 is 1.75 bits per heavy atom. The third-order valence-corrected chi connectivity index (χ3v) is 1.30. The third-order valence-electron chi connectivity index (χ3n) is 1.30. The van der Waals surface area contributed by atoms with Crippen LogP contribution in [0, 0.1) is 39.9 Å². The van der Waals surface area contributed by atoms with Gasteiger partial charge in [0.2, 0.25) is 0 Å². The number of nitriles is 3. The molecule has 60 valence electrons. The SMILES string of the molecule is CC(C#N)C=C(CC#N)CC#N. The van der Waals surface area contributed by atoms with Crippen LogP contribution in [0.1, 0.15) is 19.8 Å². The van der Waals surface area contributed by atoms with E-state index in [9.17, 15) is 0 Å². The van der Waals surface area contributed by atoms with E-state index in [4.69, 9.17) is 15.8 Å². The van der Waals surface area contributed by atoms with Gasteiger partial charge in [-0.1, -0.05) is 6.08 Å². The minimum atomic E-state index is -0.221. The lowest BCUT2D eigenvalue weighted by atomic mass is 10.0. The average Bonchev–Trinajstić information content (AvgIpc) is 2.05. The summed E-state index contributed by atoms with van der Waals surface area (Å²) in [5.41, 5.74) is 0.731. The highest BCUT2D eigenvalue weighted by molar-refractivity contribution is 5.16. The molecular weight excluding hydrogens is 150 g/mol. The summed E-state index contributed by atoms with van der Waals surface area (Å²) in [6.07, 6.45) is 2.14. The highest BCUT2D eigenvalue weighted by Gasteiger charge is 1.99. The molecule has 0 radical (unpaired) electrons. The number of hydrogen-bond donors (Lipinski definition) is 0. The summed E-state index contributed by atoms with van der Waals surface area (Å²) < 4.78 is 0. The molecule has 0 aromatic carbocycles. The monoisotopic (exact) mass is 159 g/mol. The Balaban J connectivity index is 4.33. The number of nitrogens with zero attached hydrogens (tertiary/aromatic N) is 3. The molecule has 0 aliphatic carbocycles. The standard InChI is InChI=1S/C9H9N3/c1-8(7-12)6-9(2-4-10)3-5-11/h6,8H,2-3H2,1H3. The van der Waals surface area contributed by atoms with Crippen LogP contribution in [0.15, 0.2) is 11.6 Å². The molecule has 0 saturated carbocycles. The summed E-state index contributed by atoms with van der Waals surface area (Å²) >= 11 is 0. The molecule has 0 aliphatic heterocycles. The highest BCUT2D eigenvalue weighted by atomic mass is 14.3. The van der Waals surface area contributed by atoms with Crippen molar-refractivity contribution in [3.8, 4) is 18.2 Å². The smallest absolute Gasteiger partial charge is 0.0694 e. The molecule has 0 N–H and O–H groups in total. The van der Waals surface area contributed by atoms with Gasteiger partial charge in [0.25, 0.3) is 0 Å². The van der Waals surface area contributed by atoms with E-state index in [0.29, 0.717) is 0 Å². The van der Waals surface area contributed by atoms with Gasteiger partial charge in [0.15, 0.2) is 0 Å². The summed E-state index contributed by atoms with van der Waals surface area (Å²) in [5, 5.41) is 25.2. The van der Waals surface area contributed by atoms with Crippen molar-refractivity contribution in [2.75, 3.05) is 0 Å². The van der Waals surface area contributed by atoms with E-state index in [1.165, 1.54) is 0 Å². The van der Waals surface area contributed by atoms with Crippen LogP contribution in [0.25, 0.3) is 0 Å². The fraction of sp³-hybridized carbons (Fsp3) is 0.444. The summed E-state index contributed by atoms with van der Waals surface area (Å²) in [5.74, 6) is -0.221. The lowest BCUT2D eigenvalue weighted by molar-refractivity contribution is 0.921. The van der Waals surface area contributed by atoms with Gasteiger partial charge in [-0.2, -0.15) is 15.8 Å². The molecule has 0 aromatic rings. The first-order chi connectivity index (χ1) is 5.74. The lowest BCUT2D eigenvalue weighted by Crippen LogP contribution is -1.88. The van der Waals surface area contributed by atoms with E-state index >= 15 is 0 Å². The minimum absolute atomic E-state index is 0.221. The van der Waals surface area contributed by atoms with Gasteiger partial charge < -0.3 is 0 Å². The molecule has 0 saturated heterocycles. The maximum atomic E-state index is 8.46. The van der Waals surface area contributed by atoms with Gasteiger partial charge >= 0.3 is 0 Å². The minimum Gasteiger partial charge on any atom is -0.198 e. The second kappa shape index (κ2) is 5.96. The van der Waals surface area contributed by atoms with Crippen molar-refractivity contribution < 1.29 is 0 Å². The van der Waals surface area contributed by atoms with Gasteiger partial charge in [-0.15, -0.1) is 0 Å². The van der Waals surface area contributed by atoms with Crippen molar-refractivity contribution in [3.63, 3.8) is 0 Å². The topological polar surface area (TPSA) is 71.4 Å². The van der Waals surface area contributed by atoms with Gasteiger partial charge in [0.1, 0.15) is 0 Å². The van der Waals surface area contributed by atoms with Crippen molar-refractivity contribution in [1.82, 2.24) is 0 Å². The van der Waals surface area contributed by atoms with Crippen molar-refractivity contribution in [2.45, 2.75) is 19.8 Å². The Kier molecular flexibility index (Phi) is 5.07. The number of allylic oxidation sites excluding steroid dienone is 2. The van der Waals surface area contributed by atoms with Gasteiger partial charge in [-0.05, 0) is 12.5 Å². The molecular formula is C9H9N3. The molecule has 0 spiro atoms.